The second-order valence-corrected chi connectivity index (χ2v) is 5.38. The largest absolute Gasteiger partial charge is 0.493 e. The van der Waals surface area contributed by atoms with Gasteiger partial charge in [0, 0.05) is 11.0 Å². The minimum Gasteiger partial charge on any atom is -0.493 e. The van der Waals surface area contributed by atoms with Gasteiger partial charge in [-0.15, -0.1) is 0 Å². The summed E-state index contributed by atoms with van der Waals surface area (Å²) in [5.74, 6) is 6.50. The van der Waals surface area contributed by atoms with Crippen LogP contribution in [0, 0.1) is 6.92 Å². The first-order valence-corrected chi connectivity index (χ1v) is 7.23. The Morgan fingerprint density at radius 1 is 1.50 bits per heavy atom. The van der Waals surface area contributed by atoms with Crippen LogP contribution < -0.4 is 16.0 Å². The number of hydrogen-bond acceptors (Lipinski definition) is 4. The fourth-order valence-electron chi connectivity index (χ4n) is 2.26. The average Bonchev–Trinajstić information content (AvgIpc) is 2.86. The zero-order chi connectivity index (χ0) is 14.7. The van der Waals surface area contributed by atoms with E-state index in [9.17, 15) is 0 Å². The van der Waals surface area contributed by atoms with Crippen molar-refractivity contribution in [1.82, 2.24) is 15.2 Å². The van der Waals surface area contributed by atoms with E-state index in [0.29, 0.717) is 0 Å². The van der Waals surface area contributed by atoms with Gasteiger partial charge in [-0.2, -0.15) is 5.10 Å². The van der Waals surface area contributed by atoms with Gasteiger partial charge in [-0.05, 0) is 31.0 Å². The Labute approximate surface area is 127 Å². The lowest BCUT2D eigenvalue weighted by Gasteiger charge is -2.19. The third-order valence-corrected chi connectivity index (χ3v) is 4.21. The number of nitrogens with one attached hydrogen (secondary N) is 1. The highest BCUT2D eigenvalue weighted by molar-refractivity contribution is 9.10. The molecule has 0 radical (unpaired) electrons. The van der Waals surface area contributed by atoms with E-state index in [1.54, 1.807) is 13.3 Å². The number of rotatable bonds is 5. The van der Waals surface area contributed by atoms with Crippen molar-refractivity contribution >= 4 is 15.9 Å². The minimum atomic E-state index is -0.167. The van der Waals surface area contributed by atoms with Crippen molar-refractivity contribution in [2.75, 3.05) is 7.11 Å². The Morgan fingerprint density at radius 3 is 2.80 bits per heavy atom. The average molecular weight is 339 g/mol. The molecule has 20 heavy (non-hydrogen) atoms. The number of hydrazine groups is 1. The Bertz CT molecular complexity index is 575. The molecule has 0 saturated heterocycles. The van der Waals surface area contributed by atoms with Gasteiger partial charge in [0.1, 0.15) is 5.69 Å². The highest BCUT2D eigenvalue weighted by Crippen LogP contribution is 2.31. The number of nitrogens with two attached hydrogens (primary N) is 1. The summed E-state index contributed by atoms with van der Waals surface area (Å²) in [6, 6.07) is 5.99. The standard InChI is InChI=1S/C14H19BrN4O/c1-4-19-14(12(20-3)8-17-19)13(18-16)10-5-6-11(15)9(2)7-10/h5-8,13,18H,4,16H2,1-3H3. The van der Waals surface area contributed by atoms with Gasteiger partial charge >= 0.3 is 0 Å². The van der Waals surface area contributed by atoms with Crippen LogP contribution in [0.1, 0.15) is 29.8 Å². The van der Waals surface area contributed by atoms with Gasteiger partial charge in [-0.3, -0.25) is 10.5 Å². The molecular formula is C14H19BrN4O. The van der Waals surface area contributed by atoms with E-state index < -0.39 is 0 Å². The maximum atomic E-state index is 5.77. The topological polar surface area (TPSA) is 65.1 Å². The molecule has 0 spiro atoms. The molecule has 1 aromatic carbocycles. The van der Waals surface area contributed by atoms with Crippen LogP contribution in [-0.2, 0) is 6.54 Å². The second-order valence-electron chi connectivity index (χ2n) is 4.52. The van der Waals surface area contributed by atoms with Crippen molar-refractivity contribution in [1.29, 1.82) is 0 Å². The molecule has 1 aromatic heterocycles. The first kappa shape index (κ1) is 15.0. The van der Waals surface area contributed by atoms with E-state index >= 15 is 0 Å². The maximum absolute atomic E-state index is 5.77. The lowest BCUT2D eigenvalue weighted by atomic mass is 10.0. The molecular weight excluding hydrogens is 320 g/mol. The third kappa shape index (κ3) is 2.72. The zero-order valence-corrected chi connectivity index (χ0v) is 13.4. The Kier molecular flexibility index (Phi) is 4.80. The lowest BCUT2D eigenvalue weighted by molar-refractivity contribution is 0.399. The van der Waals surface area contributed by atoms with E-state index in [4.69, 9.17) is 10.6 Å². The molecule has 0 aliphatic rings. The van der Waals surface area contributed by atoms with Crippen LogP contribution in [0.15, 0.2) is 28.9 Å². The quantitative estimate of drug-likeness (QED) is 0.649. The van der Waals surface area contributed by atoms with Crippen molar-refractivity contribution in [2.45, 2.75) is 26.4 Å². The number of methoxy groups -OCH3 is 1. The number of halogens is 1. The molecule has 0 fully saturated rings. The van der Waals surface area contributed by atoms with Gasteiger partial charge in [0.2, 0.25) is 0 Å². The molecule has 0 bridgehead atoms. The Morgan fingerprint density at radius 2 is 2.25 bits per heavy atom. The number of ether oxygens (including phenoxy) is 1. The van der Waals surface area contributed by atoms with Crippen LogP contribution in [0.4, 0.5) is 0 Å². The van der Waals surface area contributed by atoms with Gasteiger partial charge in [0.25, 0.3) is 0 Å². The molecule has 1 unspecified atom stereocenters. The van der Waals surface area contributed by atoms with E-state index in [0.717, 1.165) is 33.6 Å². The molecule has 0 amide bonds. The molecule has 108 valence electrons. The van der Waals surface area contributed by atoms with Crippen LogP contribution >= 0.6 is 15.9 Å². The fraction of sp³-hybridized carbons (Fsp3) is 0.357. The number of nitrogens with zero attached hydrogens (tertiary/aromatic N) is 2. The number of aromatic nitrogens is 2. The normalized spacial score (nSPS) is 12.4. The van der Waals surface area contributed by atoms with Gasteiger partial charge in [-0.25, -0.2) is 5.43 Å². The smallest absolute Gasteiger partial charge is 0.161 e. The van der Waals surface area contributed by atoms with Crippen molar-refractivity contribution in [3.8, 4) is 5.75 Å². The third-order valence-electron chi connectivity index (χ3n) is 3.32. The summed E-state index contributed by atoms with van der Waals surface area (Å²) >= 11 is 3.51. The summed E-state index contributed by atoms with van der Waals surface area (Å²) in [4.78, 5) is 0. The Balaban J connectivity index is 2.51. The maximum Gasteiger partial charge on any atom is 0.161 e. The van der Waals surface area contributed by atoms with Crippen LogP contribution in [0.5, 0.6) is 5.75 Å². The van der Waals surface area contributed by atoms with E-state index in [2.05, 4.69) is 39.4 Å². The second kappa shape index (κ2) is 6.39. The molecule has 1 atom stereocenters. The molecule has 6 heteroatoms. The predicted molar refractivity (Wildman–Crippen MR) is 82.5 cm³/mol. The molecule has 0 saturated carbocycles. The highest BCUT2D eigenvalue weighted by atomic mass is 79.9. The van der Waals surface area contributed by atoms with E-state index in [1.807, 2.05) is 23.7 Å². The predicted octanol–water partition coefficient (Wildman–Crippen LogP) is 2.54. The van der Waals surface area contributed by atoms with Gasteiger partial charge in [0.05, 0.1) is 19.3 Å². The van der Waals surface area contributed by atoms with Crippen molar-refractivity contribution in [3.63, 3.8) is 0 Å². The van der Waals surface area contributed by atoms with Crippen molar-refractivity contribution in [3.05, 3.63) is 45.7 Å². The van der Waals surface area contributed by atoms with Crippen molar-refractivity contribution < 1.29 is 4.74 Å². The van der Waals surface area contributed by atoms with Crippen LogP contribution in [0.2, 0.25) is 0 Å². The molecule has 1 heterocycles. The minimum absolute atomic E-state index is 0.167. The van der Waals surface area contributed by atoms with E-state index in [1.165, 1.54) is 0 Å². The van der Waals surface area contributed by atoms with Crippen molar-refractivity contribution in [2.24, 2.45) is 5.84 Å². The molecule has 0 aliphatic heterocycles. The molecule has 3 N–H and O–H groups in total. The molecule has 0 aliphatic carbocycles. The molecule has 5 nitrogen and oxygen atoms in total. The first-order valence-electron chi connectivity index (χ1n) is 6.44. The first-order chi connectivity index (χ1) is 9.62. The summed E-state index contributed by atoms with van der Waals surface area (Å²) < 4.78 is 8.36. The Hall–Kier alpha value is -1.37. The van der Waals surface area contributed by atoms with Gasteiger partial charge in [-0.1, -0.05) is 28.1 Å². The SMILES string of the molecule is CCn1ncc(OC)c1C(NN)c1ccc(Br)c(C)c1. The van der Waals surface area contributed by atoms with Crippen LogP contribution in [0.3, 0.4) is 0 Å². The lowest BCUT2D eigenvalue weighted by Crippen LogP contribution is -2.31. The monoisotopic (exact) mass is 338 g/mol. The van der Waals surface area contributed by atoms with Crippen LogP contribution in [0.25, 0.3) is 0 Å². The summed E-state index contributed by atoms with van der Waals surface area (Å²) in [5.41, 5.74) is 6.02. The number of benzene rings is 1. The fourth-order valence-corrected chi connectivity index (χ4v) is 2.51. The zero-order valence-electron chi connectivity index (χ0n) is 11.9. The summed E-state index contributed by atoms with van der Waals surface area (Å²) in [7, 11) is 1.64. The summed E-state index contributed by atoms with van der Waals surface area (Å²) in [6.07, 6.45) is 1.72. The number of aryl methyl sites for hydroxylation is 2. The van der Waals surface area contributed by atoms with Crippen LogP contribution in [-0.4, -0.2) is 16.9 Å². The van der Waals surface area contributed by atoms with Gasteiger partial charge in [0.15, 0.2) is 5.75 Å². The summed E-state index contributed by atoms with van der Waals surface area (Å²) in [6.45, 7) is 4.85. The molecule has 2 aromatic rings. The van der Waals surface area contributed by atoms with Gasteiger partial charge < -0.3 is 4.74 Å². The van der Waals surface area contributed by atoms with E-state index in [-0.39, 0.29) is 6.04 Å². The highest BCUT2D eigenvalue weighted by Gasteiger charge is 2.22. The number of hydrogen-bond donors (Lipinski definition) is 2. The summed E-state index contributed by atoms with van der Waals surface area (Å²) in [5, 5.41) is 4.33. The molecule has 2 rings (SSSR count).